The normalized spacial score (nSPS) is 10.0. The van der Waals surface area contributed by atoms with Crippen LogP contribution in [0.3, 0.4) is 0 Å². The number of carbonyl (C=O) groups excluding carboxylic acids is 1. The van der Waals surface area contributed by atoms with Crippen LogP contribution in [0, 0.1) is 31.8 Å². The zero-order valence-electron chi connectivity index (χ0n) is 19.7. The Hall–Kier alpha value is -5.27. The van der Waals surface area contributed by atoms with Gasteiger partial charge in [-0.25, -0.2) is 9.64 Å². The van der Waals surface area contributed by atoms with Crippen molar-refractivity contribution in [2.45, 2.75) is 13.8 Å². The fraction of sp³-hybridized carbons (Fsp3) is 0.0690. The molecule has 0 saturated carbocycles. The lowest BCUT2D eigenvalue weighted by molar-refractivity contribution is 0.262. The summed E-state index contributed by atoms with van der Waals surface area (Å²) >= 11 is 0. The van der Waals surface area contributed by atoms with Crippen LogP contribution in [0.2, 0.25) is 0 Å². The highest BCUT2D eigenvalue weighted by atomic mass is 16.5. The zero-order chi connectivity index (χ0) is 25.5. The summed E-state index contributed by atoms with van der Waals surface area (Å²) in [6.45, 7) is 10.8. The lowest BCUT2D eigenvalue weighted by Crippen LogP contribution is -2.20. The van der Waals surface area contributed by atoms with Crippen molar-refractivity contribution < 1.29 is 14.3 Å². The zero-order valence-corrected chi connectivity index (χ0v) is 19.7. The Morgan fingerprint density at radius 2 is 1.19 bits per heavy atom. The number of nitrogens with zero attached hydrogens (tertiary/aromatic N) is 2. The quantitative estimate of drug-likeness (QED) is 0.278. The van der Waals surface area contributed by atoms with E-state index in [0.29, 0.717) is 45.6 Å². The van der Waals surface area contributed by atoms with Crippen molar-refractivity contribution in [2.75, 3.05) is 10.6 Å². The molecule has 0 aliphatic rings. The van der Waals surface area contributed by atoms with Crippen molar-refractivity contribution in [3.8, 4) is 29.1 Å². The molecule has 0 heterocycles. The van der Waals surface area contributed by atoms with Crippen molar-refractivity contribution in [1.82, 2.24) is 0 Å². The Kier molecular flexibility index (Phi) is 7.14. The van der Waals surface area contributed by atoms with Crippen LogP contribution in [-0.2, 0) is 0 Å². The number of anilines is 2. The maximum atomic E-state index is 12.6. The standard InChI is InChI=1S/C29H22N4O3/c1-19-16-25(35-23-8-4-21(18-30)5-9-23)12-14-27(19)32-29(34)33-28-15-13-26(17-20(28)2)36-24-10-6-22(31-3)7-11-24/h4-17H,1-2H3,(H2,32,33,34). The van der Waals surface area contributed by atoms with Gasteiger partial charge in [-0.2, -0.15) is 5.26 Å². The summed E-state index contributed by atoms with van der Waals surface area (Å²) in [6.07, 6.45) is 0. The number of benzene rings is 4. The molecule has 4 aromatic carbocycles. The summed E-state index contributed by atoms with van der Waals surface area (Å²) in [6, 6.07) is 26.2. The lowest BCUT2D eigenvalue weighted by atomic mass is 10.2. The number of hydrogen-bond acceptors (Lipinski definition) is 4. The molecule has 0 fully saturated rings. The second kappa shape index (κ2) is 10.8. The molecule has 4 aromatic rings. The molecule has 0 aromatic heterocycles. The lowest BCUT2D eigenvalue weighted by Gasteiger charge is -2.14. The van der Waals surface area contributed by atoms with E-state index in [4.69, 9.17) is 21.3 Å². The van der Waals surface area contributed by atoms with Gasteiger partial charge in [-0.1, -0.05) is 12.1 Å². The first-order chi connectivity index (χ1) is 17.4. The third kappa shape index (κ3) is 5.99. The molecular formula is C29H22N4O3. The molecule has 4 rings (SSSR count). The van der Waals surface area contributed by atoms with Crippen LogP contribution >= 0.6 is 0 Å². The molecule has 2 amide bonds. The highest BCUT2D eigenvalue weighted by Crippen LogP contribution is 2.29. The van der Waals surface area contributed by atoms with Crippen LogP contribution in [0.1, 0.15) is 16.7 Å². The fourth-order valence-corrected chi connectivity index (χ4v) is 3.41. The number of urea groups is 1. The van der Waals surface area contributed by atoms with Gasteiger partial charge < -0.3 is 20.1 Å². The molecule has 0 saturated heterocycles. The third-order valence-corrected chi connectivity index (χ3v) is 5.31. The van der Waals surface area contributed by atoms with Crippen molar-refractivity contribution in [2.24, 2.45) is 0 Å². The Bertz CT molecular complexity index is 1370. The van der Waals surface area contributed by atoms with Crippen LogP contribution in [0.4, 0.5) is 21.9 Å². The smallest absolute Gasteiger partial charge is 0.323 e. The Labute approximate surface area is 209 Å². The molecule has 0 bridgehead atoms. The highest BCUT2D eigenvalue weighted by Gasteiger charge is 2.09. The monoisotopic (exact) mass is 474 g/mol. The number of nitrogens with one attached hydrogen (secondary N) is 2. The number of ether oxygens (including phenoxy) is 2. The molecule has 0 atom stereocenters. The molecule has 36 heavy (non-hydrogen) atoms. The summed E-state index contributed by atoms with van der Waals surface area (Å²) in [5.41, 5.74) is 4.09. The second-order valence-electron chi connectivity index (χ2n) is 7.98. The number of nitriles is 1. The van der Waals surface area contributed by atoms with Crippen LogP contribution < -0.4 is 20.1 Å². The van der Waals surface area contributed by atoms with Crippen LogP contribution in [0.15, 0.2) is 84.9 Å². The van der Waals surface area contributed by atoms with Gasteiger partial charge in [-0.15, -0.1) is 0 Å². The van der Waals surface area contributed by atoms with E-state index in [1.54, 1.807) is 72.8 Å². The maximum Gasteiger partial charge on any atom is 0.323 e. The van der Waals surface area contributed by atoms with Gasteiger partial charge in [-0.3, -0.25) is 0 Å². The maximum absolute atomic E-state index is 12.6. The van der Waals surface area contributed by atoms with Gasteiger partial charge in [0.15, 0.2) is 5.69 Å². The number of aryl methyl sites for hydroxylation is 2. The van der Waals surface area contributed by atoms with Gasteiger partial charge in [0.1, 0.15) is 23.0 Å². The van der Waals surface area contributed by atoms with Crippen molar-refractivity contribution in [1.29, 1.82) is 5.26 Å². The molecule has 0 spiro atoms. The largest absolute Gasteiger partial charge is 0.457 e. The Morgan fingerprint density at radius 3 is 1.61 bits per heavy atom. The van der Waals surface area contributed by atoms with Crippen LogP contribution in [-0.4, -0.2) is 6.03 Å². The molecule has 7 nitrogen and oxygen atoms in total. The van der Waals surface area contributed by atoms with Gasteiger partial charge in [0.2, 0.25) is 0 Å². The Balaban J connectivity index is 1.36. The van der Waals surface area contributed by atoms with E-state index in [9.17, 15) is 4.79 Å². The molecule has 176 valence electrons. The molecular weight excluding hydrogens is 452 g/mol. The van der Waals surface area contributed by atoms with E-state index in [1.807, 2.05) is 26.0 Å². The average molecular weight is 475 g/mol. The van der Waals surface area contributed by atoms with Gasteiger partial charge in [0.05, 0.1) is 18.2 Å². The minimum atomic E-state index is -0.370. The summed E-state index contributed by atoms with van der Waals surface area (Å²) < 4.78 is 11.7. The highest BCUT2D eigenvalue weighted by molar-refractivity contribution is 6.00. The van der Waals surface area contributed by atoms with E-state index in [-0.39, 0.29) is 6.03 Å². The van der Waals surface area contributed by atoms with Crippen molar-refractivity contribution in [3.05, 3.63) is 113 Å². The first-order valence-electron chi connectivity index (χ1n) is 11.1. The molecule has 0 aliphatic carbocycles. The van der Waals surface area contributed by atoms with E-state index in [2.05, 4.69) is 21.5 Å². The van der Waals surface area contributed by atoms with E-state index in [1.165, 1.54) is 0 Å². The average Bonchev–Trinajstić information content (AvgIpc) is 2.88. The predicted octanol–water partition coefficient (Wildman–Crippen LogP) is 7.95. The first-order valence-corrected chi connectivity index (χ1v) is 11.1. The van der Waals surface area contributed by atoms with Gasteiger partial charge in [-0.05, 0) is 97.8 Å². The molecule has 0 unspecified atom stereocenters. The van der Waals surface area contributed by atoms with Crippen molar-refractivity contribution in [3.63, 3.8) is 0 Å². The van der Waals surface area contributed by atoms with E-state index in [0.717, 1.165) is 11.1 Å². The second-order valence-corrected chi connectivity index (χ2v) is 7.98. The minimum Gasteiger partial charge on any atom is -0.457 e. The fourth-order valence-electron chi connectivity index (χ4n) is 3.41. The third-order valence-electron chi connectivity index (χ3n) is 5.31. The summed E-state index contributed by atoms with van der Waals surface area (Å²) in [5.74, 6) is 2.50. The van der Waals surface area contributed by atoms with Gasteiger partial charge in [0, 0.05) is 11.4 Å². The first kappa shape index (κ1) is 23.9. The van der Waals surface area contributed by atoms with Crippen LogP contribution in [0.25, 0.3) is 4.85 Å². The van der Waals surface area contributed by atoms with Gasteiger partial charge >= 0.3 is 6.03 Å². The van der Waals surface area contributed by atoms with Crippen LogP contribution in [0.5, 0.6) is 23.0 Å². The van der Waals surface area contributed by atoms with Crippen molar-refractivity contribution >= 4 is 23.1 Å². The number of hydrogen-bond donors (Lipinski definition) is 2. The molecule has 7 heteroatoms. The van der Waals surface area contributed by atoms with E-state index < -0.39 is 0 Å². The molecule has 0 aliphatic heterocycles. The Morgan fingerprint density at radius 1 is 0.750 bits per heavy atom. The topological polar surface area (TPSA) is 87.7 Å². The predicted molar refractivity (Wildman–Crippen MR) is 139 cm³/mol. The molecule has 0 radical (unpaired) electrons. The summed E-state index contributed by atoms with van der Waals surface area (Å²) in [5, 5.41) is 14.6. The number of carbonyl (C=O) groups is 1. The SMILES string of the molecule is [C-]#[N+]c1ccc(Oc2ccc(NC(=O)Nc3ccc(Oc4ccc(C#N)cc4)cc3C)c(C)c2)cc1. The summed E-state index contributed by atoms with van der Waals surface area (Å²) in [4.78, 5) is 16.0. The number of amides is 2. The van der Waals surface area contributed by atoms with E-state index >= 15 is 0 Å². The van der Waals surface area contributed by atoms with Gasteiger partial charge in [0.25, 0.3) is 0 Å². The molecule has 2 N–H and O–H groups in total. The minimum absolute atomic E-state index is 0.370. The summed E-state index contributed by atoms with van der Waals surface area (Å²) in [7, 11) is 0. The number of rotatable bonds is 6.